The molecular formula is C25H30N4O4. The Kier molecular flexibility index (Phi) is 7.71. The summed E-state index contributed by atoms with van der Waals surface area (Å²) in [7, 11) is 0. The third-order valence-electron chi connectivity index (χ3n) is 5.32. The quantitative estimate of drug-likeness (QED) is 0.520. The molecule has 1 unspecified atom stereocenters. The van der Waals surface area contributed by atoms with Gasteiger partial charge in [0.2, 0.25) is 0 Å². The van der Waals surface area contributed by atoms with Gasteiger partial charge in [-0.1, -0.05) is 31.2 Å². The van der Waals surface area contributed by atoms with Gasteiger partial charge in [0.05, 0.1) is 18.2 Å². The number of nitrogens with one attached hydrogen (secondary N) is 3. The Labute approximate surface area is 194 Å². The fourth-order valence-electron chi connectivity index (χ4n) is 3.77. The Morgan fingerprint density at radius 2 is 1.73 bits per heavy atom. The molecule has 0 aliphatic carbocycles. The van der Waals surface area contributed by atoms with Gasteiger partial charge in [0.15, 0.2) is 0 Å². The van der Waals surface area contributed by atoms with Crippen molar-refractivity contribution in [1.29, 1.82) is 0 Å². The van der Waals surface area contributed by atoms with Crippen LogP contribution in [0.25, 0.3) is 0 Å². The van der Waals surface area contributed by atoms with Crippen LogP contribution in [-0.4, -0.2) is 36.1 Å². The highest BCUT2D eigenvalue weighted by Crippen LogP contribution is 2.32. The number of nitrogens with zero attached hydrogens (tertiary/aromatic N) is 1. The van der Waals surface area contributed by atoms with Crippen LogP contribution >= 0.6 is 0 Å². The van der Waals surface area contributed by atoms with Crippen LogP contribution in [0.4, 0.5) is 21.0 Å². The van der Waals surface area contributed by atoms with Crippen LogP contribution in [0.15, 0.2) is 59.8 Å². The van der Waals surface area contributed by atoms with E-state index < -0.39 is 12.0 Å². The number of ether oxygens (including phenoxy) is 1. The van der Waals surface area contributed by atoms with Gasteiger partial charge in [0.25, 0.3) is 0 Å². The van der Waals surface area contributed by atoms with E-state index in [0.29, 0.717) is 34.8 Å². The molecule has 0 aromatic heterocycles. The number of amides is 4. The van der Waals surface area contributed by atoms with Gasteiger partial charge in [-0.2, -0.15) is 0 Å². The minimum absolute atomic E-state index is 0.239. The van der Waals surface area contributed by atoms with Crippen LogP contribution in [0.5, 0.6) is 0 Å². The van der Waals surface area contributed by atoms with E-state index in [0.717, 1.165) is 12.0 Å². The van der Waals surface area contributed by atoms with Crippen LogP contribution in [0.2, 0.25) is 0 Å². The third kappa shape index (κ3) is 5.71. The van der Waals surface area contributed by atoms with Crippen LogP contribution in [0.1, 0.15) is 44.4 Å². The molecule has 2 aromatic rings. The van der Waals surface area contributed by atoms with Gasteiger partial charge < -0.3 is 20.7 Å². The van der Waals surface area contributed by atoms with E-state index in [9.17, 15) is 14.4 Å². The van der Waals surface area contributed by atoms with E-state index in [1.165, 1.54) is 0 Å². The number of esters is 1. The van der Waals surface area contributed by atoms with E-state index in [2.05, 4.69) is 16.0 Å². The SMILES string of the molecule is CCCN1C(=O)NC(c2ccc(NC(=O)Nc3cccc(C)c3)cc2)C(C(=O)OCC)=C1C. The molecule has 8 heteroatoms. The first kappa shape index (κ1) is 23.8. The third-order valence-corrected chi connectivity index (χ3v) is 5.32. The molecule has 0 radical (unpaired) electrons. The lowest BCUT2D eigenvalue weighted by Gasteiger charge is -2.35. The van der Waals surface area contributed by atoms with Crippen molar-refractivity contribution < 1.29 is 19.1 Å². The largest absolute Gasteiger partial charge is 0.463 e. The Morgan fingerprint density at radius 1 is 1.03 bits per heavy atom. The van der Waals surface area contributed by atoms with Gasteiger partial charge in [-0.3, -0.25) is 4.90 Å². The van der Waals surface area contributed by atoms with Crippen LogP contribution < -0.4 is 16.0 Å². The molecule has 3 N–H and O–H groups in total. The minimum atomic E-state index is -0.639. The summed E-state index contributed by atoms with van der Waals surface area (Å²) in [5, 5.41) is 8.49. The molecule has 8 nitrogen and oxygen atoms in total. The van der Waals surface area contributed by atoms with Gasteiger partial charge in [0, 0.05) is 23.6 Å². The zero-order valence-corrected chi connectivity index (χ0v) is 19.4. The first-order valence-corrected chi connectivity index (χ1v) is 11.0. The highest BCUT2D eigenvalue weighted by molar-refractivity contribution is 6.00. The predicted molar refractivity (Wildman–Crippen MR) is 128 cm³/mol. The molecule has 174 valence electrons. The van der Waals surface area contributed by atoms with Crippen molar-refractivity contribution >= 4 is 29.4 Å². The smallest absolute Gasteiger partial charge is 0.338 e. The van der Waals surface area contributed by atoms with Gasteiger partial charge in [-0.25, -0.2) is 14.4 Å². The predicted octanol–water partition coefficient (Wildman–Crippen LogP) is 4.95. The second kappa shape index (κ2) is 10.7. The topological polar surface area (TPSA) is 99.8 Å². The van der Waals surface area contributed by atoms with Crippen molar-refractivity contribution in [3.63, 3.8) is 0 Å². The summed E-state index contributed by atoms with van der Waals surface area (Å²) >= 11 is 0. The molecule has 0 spiro atoms. The Bertz CT molecular complexity index is 1060. The fourth-order valence-corrected chi connectivity index (χ4v) is 3.77. The summed E-state index contributed by atoms with van der Waals surface area (Å²) in [6.45, 7) is 8.18. The maximum absolute atomic E-state index is 12.7. The normalized spacial score (nSPS) is 15.7. The first-order valence-electron chi connectivity index (χ1n) is 11.0. The standard InChI is InChI=1S/C25H30N4O4/c1-5-14-29-17(4)21(23(30)33-6-2)22(28-25(29)32)18-10-12-19(13-11-18)26-24(31)27-20-9-7-8-16(3)15-20/h7-13,15,22H,5-6,14H2,1-4H3,(H,28,32)(H2,26,27,31). The number of rotatable bonds is 7. The van der Waals surface area contributed by atoms with Gasteiger partial charge in [-0.05, 0) is 62.6 Å². The second-order valence-electron chi connectivity index (χ2n) is 7.82. The minimum Gasteiger partial charge on any atom is -0.463 e. The number of allylic oxidation sites excluding steroid dienone is 1. The summed E-state index contributed by atoms with van der Waals surface area (Å²) in [4.78, 5) is 39.3. The molecule has 0 saturated heterocycles. The van der Waals surface area contributed by atoms with Gasteiger partial charge in [-0.15, -0.1) is 0 Å². The fraction of sp³-hybridized carbons (Fsp3) is 0.320. The Hall–Kier alpha value is -3.81. The lowest BCUT2D eigenvalue weighted by Crippen LogP contribution is -2.48. The van der Waals surface area contributed by atoms with Crippen LogP contribution in [0.3, 0.4) is 0 Å². The number of benzene rings is 2. The highest BCUT2D eigenvalue weighted by atomic mass is 16.5. The molecule has 0 bridgehead atoms. The average Bonchev–Trinajstić information content (AvgIpc) is 2.77. The summed E-state index contributed by atoms with van der Waals surface area (Å²) in [5.74, 6) is -0.458. The lowest BCUT2D eigenvalue weighted by molar-refractivity contribution is -0.139. The molecule has 1 heterocycles. The number of anilines is 2. The molecule has 1 aliphatic rings. The number of aryl methyl sites for hydroxylation is 1. The van der Waals surface area contributed by atoms with E-state index >= 15 is 0 Å². The lowest BCUT2D eigenvalue weighted by atomic mass is 9.94. The van der Waals surface area contributed by atoms with Crippen LogP contribution in [-0.2, 0) is 9.53 Å². The van der Waals surface area contributed by atoms with Gasteiger partial charge in [0.1, 0.15) is 0 Å². The summed E-state index contributed by atoms with van der Waals surface area (Å²) in [6.07, 6.45) is 0.760. The molecule has 1 aliphatic heterocycles. The summed E-state index contributed by atoms with van der Waals surface area (Å²) in [5.41, 5.74) is 4.03. The zero-order valence-electron chi connectivity index (χ0n) is 19.4. The maximum Gasteiger partial charge on any atom is 0.338 e. The molecular weight excluding hydrogens is 420 g/mol. The number of carbonyl (C=O) groups is 3. The monoisotopic (exact) mass is 450 g/mol. The average molecular weight is 451 g/mol. The molecule has 4 amide bonds. The molecule has 1 atom stereocenters. The highest BCUT2D eigenvalue weighted by Gasteiger charge is 2.36. The molecule has 2 aromatic carbocycles. The van der Waals surface area contributed by atoms with Crippen molar-refractivity contribution in [2.75, 3.05) is 23.8 Å². The van der Waals surface area contributed by atoms with Crippen molar-refractivity contribution in [3.8, 4) is 0 Å². The van der Waals surface area contributed by atoms with Crippen molar-refractivity contribution in [3.05, 3.63) is 70.9 Å². The summed E-state index contributed by atoms with van der Waals surface area (Å²) in [6, 6.07) is 13.3. The number of hydrogen-bond acceptors (Lipinski definition) is 4. The number of urea groups is 2. The van der Waals surface area contributed by atoms with Crippen molar-refractivity contribution in [2.45, 2.75) is 40.2 Å². The zero-order chi connectivity index (χ0) is 24.0. The van der Waals surface area contributed by atoms with Gasteiger partial charge >= 0.3 is 18.0 Å². The van der Waals surface area contributed by atoms with Crippen LogP contribution in [0, 0.1) is 6.92 Å². The molecule has 0 saturated carbocycles. The second-order valence-corrected chi connectivity index (χ2v) is 7.82. The first-order chi connectivity index (χ1) is 15.8. The van der Waals surface area contributed by atoms with Crippen molar-refractivity contribution in [2.24, 2.45) is 0 Å². The summed E-state index contributed by atoms with van der Waals surface area (Å²) < 4.78 is 5.27. The number of carbonyl (C=O) groups excluding carboxylic acids is 3. The van der Waals surface area contributed by atoms with Crippen molar-refractivity contribution in [1.82, 2.24) is 10.2 Å². The Morgan fingerprint density at radius 3 is 2.36 bits per heavy atom. The number of hydrogen-bond donors (Lipinski definition) is 3. The maximum atomic E-state index is 12.7. The molecule has 33 heavy (non-hydrogen) atoms. The van der Waals surface area contributed by atoms with E-state index in [-0.39, 0.29) is 18.7 Å². The molecule has 3 rings (SSSR count). The Balaban J connectivity index is 1.79. The van der Waals surface area contributed by atoms with E-state index in [1.54, 1.807) is 43.0 Å². The molecule has 0 fully saturated rings. The van der Waals surface area contributed by atoms with E-state index in [1.807, 2.05) is 38.1 Å². The van der Waals surface area contributed by atoms with E-state index in [4.69, 9.17) is 4.74 Å².